The first kappa shape index (κ1) is 9.25. The quantitative estimate of drug-likeness (QED) is 0.669. The lowest BCUT2D eigenvalue weighted by atomic mass is 10.1. The molecule has 0 radical (unpaired) electrons. The van der Waals surface area contributed by atoms with Crippen molar-refractivity contribution in [1.29, 1.82) is 0 Å². The van der Waals surface area contributed by atoms with Gasteiger partial charge in [-0.1, -0.05) is 6.58 Å². The van der Waals surface area contributed by atoms with Crippen LogP contribution in [0.5, 0.6) is 5.75 Å². The summed E-state index contributed by atoms with van der Waals surface area (Å²) in [6.45, 7) is 5.01. The number of carbonyl (C=O) groups is 1. The minimum atomic E-state index is -1.19. The van der Waals surface area contributed by atoms with E-state index in [9.17, 15) is 9.90 Å². The van der Waals surface area contributed by atoms with Crippen molar-refractivity contribution in [1.82, 2.24) is 4.98 Å². The second-order valence-electron chi connectivity index (χ2n) is 2.60. The number of carboxylic acids is 1. The molecule has 0 aliphatic rings. The molecular formula is C9H9NO3. The molecule has 0 aliphatic carbocycles. The Morgan fingerprint density at radius 3 is 2.69 bits per heavy atom. The van der Waals surface area contributed by atoms with E-state index in [4.69, 9.17) is 5.11 Å². The van der Waals surface area contributed by atoms with Crippen LogP contribution in [0.15, 0.2) is 18.7 Å². The smallest absolute Gasteiger partial charge is 0.337 e. The number of aliphatic carboxylic acids is 1. The first-order valence-corrected chi connectivity index (χ1v) is 3.61. The van der Waals surface area contributed by atoms with Gasteiger partial charge >= 0.3 is 5.97 Å². The molecule has 1 heterocycles. The second-order valence-corrected chi connectivity index (χ2v) is 2.60. The number of aromatic nitrogens is 1. The van der Waals surface area contributed by atoms with Crippen molar-refractivity contribution in [3.05, 3.63) is 30.1 Å². The highest BCUT2D eigenvalue weighted by molar-refractivity contribution is 6.14. The topological polar surface area (TPSA) is 70.4 Å². The van der Waals surface area contributed by atoms with Gasteiger partial charge in [0, 0.05) is 5.69 Å². The molecule has 13 heavy (non-hydrogen) atoms. The molecule has 1 aromatic rings. The number of aryl methyl sites for hydroxylation is 1. The maximum atomic E-state index is 10.5. The average Bonchev–Trinajstić information content (AvgIpc) is 2.08. The molecule has 1 aromatic heterocycles. The van der Waals surface area contributed by atoms with Crippen LogP contribution in [-0.4, -0.2) is 21.2 Å². The van der Waals surface area contributed by atoms with Gasteiger partial charge in [0.15, 0.2) is 0 Å². The van der Waals surface area contributed by atoms with Crippen molar-refractivity contribution >= 4 is 11.5 Å². The Kier molecular flexibility index (Phi) is 2.32. The second kappa shape index (κ2) is 3.26. The molecule has 2 N–H and O–H groups in total. The number of nitrogens with zero attached hydrogens (tertiary/aromatic N) is 1. The van der Waals surface area contributed by atoms with E-state index in [-0.39, 0.29) is 17.0 Å². The van der Waals surface area contributed by atoms with Gasteiger partial charge < -0.3 is 10.2 Å². The highest BCUT2D eigenvalue weighted by Crippen LogP contribution is 2.21. The molecule has 0 aliphatic heterocycles. The highest BCUT2D eigenvalue weighted by atomic mass is 16.4. The average molecular weight is 179 g/mol. The fraction of sp³-hybridized carbons (Fsp3) is 0.111. The van der Waals surface area contributed by atoms with Crippen molar-refractivity contribution in [2.45, 2.75) is 6.92 Å². The fourth-order valence-electron chi connectivity index (χ4n) is 0.873. The molecule has 0 fully saturated rings. The van der Waals surface area contributed by atoms with Crippen LogP contribution in [0.3, 0.4) is 0 Å². The number of aromatic hydroxyl groups is 1. The lowest BCUT2D eigenvalue weighted by Gasteiger charge is -2.03. The molecule has 0 aromatic carbocycles. The van der Waals surface area contributed by atoms with Gasteiger partial charge in [-0.05, 0) is 19.1 Å². The van der Waals surface area contributed by atoms with Gasteiger partial charge in [0.2, 0.25) is 0 Å². The number of pyridine rings is 1. The predicted molar refractivity (Wildman–Crippen MR) is 47.3 cm³/mol. The van der Waals surface area contributed by atoms with E-state index in [1.54, 1.807) is 13.0 Å². The van der Waals surface area contributed by atoms with Crippen LogP contribution >= 0.6 is 0 Å². The molecule has 0 atom stereocenters. The first-order chi connectivity index (χ1) is 6.02. The van der Waals surface area contributed by atoms with E-state index in [1.165, 1.54) is 6.07 Å². The highest BCUT2D eigenvalue weighted by Gasteiger charge is 2.13. The molecule has 4 nitrogen and oxygen atoms in total. The molecule has 0 unspecified atom stereocenters. The summed E-state index contributed by atoms with van der Waals surface area (Å²) >= 11 is 0. The van der Waals surface area contributed by atoms with Crippen molar-refractivity contribution in [2.75, 3.05) is 0 Å². The maximum Gasteiger partial charge on any atom is 0.337 e. The molecule has 1 rings (SSSR count). The van der Waals surface area contributed by atoms with Crippen LogP contribution in [0, 0.1) is 6.92 Å². The summed E-state index contributed by atoms with van der Waals surface area (Å²) in [5.74, 6) is -1.36. The standard InChI is InChI=1S/C9H9NO3/c1-5-3-4-7(11)8(10-5)6(2)9(12)13/h3-4,11H,2H2,1H3,(H,12,13). The number of carboxylic acid groups (broad SMARTS) is 1. The zero-order valence-corrected chi connectivity index (χ0v) is 7.11. The minimum Gasteiger partial charge on any atom is -0.506 e. The molecule has 0 amide bonds. The SMILES string of the molecule is C=C(C(=O)O)c1nc(C)ccc1O. The predicted octanol–water partition coefficient (Wildman–Crippen LogP) is 1.19. The van der Waals surface area contributed by atoms with Gasteiger partial charge in [-0.2, -0.15) is 0 Å². The van der Waals surface area contributed by atoms with Crippen molar-refractivity contribution in [2.24, 2.45) is 0 Å². The molecule has 0 saturated carbocycles. The molecule has 68 valence electrons. The van der Waals surface area contributed by atoms with Crippen molar-refractivity contribution in [3.8, 4) is 5.75 Å². The summed E-state index contributed by atoms with van der Waals surface area (Å²) in [5.41, 5.74) is 0.448. The third-order valence-electron chi connectivity index (χ3n) is 1.56. The zero-order chi connectivity index (χ0) is 10.0. The fourth-order valence-corrected chi connectivity index (χ4v) is 0.873. The number of rotatable bonds is 2. The Morgan fingerprint density at radius 1 is 1.54 bits per heavy atom. The monoisotopic (exact) mass is 179 g/mol. The van der Waals surface area contributed by atoms with E-state index >= 15 is 0 Å². The molecule has 4 heteroatoms. The normalized spacial score (nSPS) is 9.62. The van der Waals surface area contributed by atoms with Gasteiger partial charge in [-0.3, -0.25) is 0 Å². The van der Waals surface area contributed by atoms with Gasteiger partial charge in [-0.25, -0.2) is 9.78 Å². The third-order valence-corrected chi connectivity index (χ3v) is 1.56. The van der Waals surface area contributed by atoms with Crippen molar-refractivity contribution < 1.29 is 15.0 Å². The summed E-state index contributed by atoms with van der Waals surface area (Å²) in [6.07, 6.45) is 0. The number of hydrogen-bond donors (Lipinski definition) is 2. The van der Waals surface area contributed by atoms with Crippen molar-refractivity contribution in [3.63, 3.8) is 0 Å². The van der Waals surface area contributed by atoms with Crippen LogP contribution < -0.4 is 0 Å². The third kappa shape index (κ3) is 1.84. The van der Waals surface area contributed by atoms with Crippen LogP contribution in [-0.2, 0) is 4.79 Å². The van der Waals surface area contributed by atoms with Crippen LogP contribution in [0.2, 0.25) is 0 Å². The summed E-state index contributed by atoms with van der Waals surface area (Å²) in [5, 5.41) is 17.9. The lowest BCUT2D eigenvalue weighted by Crippen LogP contribution is -2.01. The minimum absolute atomic E-state index is 0.0208. The van der Waals surface area contributed by atoms with E-state index in [0.717, 1.165) is 0 Å². The summed E-state index contributed by atoms with van der Waals surface area (Å²) < 4.78 is 0. The van der Waals surface area contributed by atoms with Crippen LogP contribution in [0.4, 0.5) is 0 Å². The Balaban J connectivity index is 3.21. The van der Waals surface area contributed by atoms with Gasteiger partial charge in [0.1, 0.15) is 11.4 Å². The Hall–Kier alpha value is -1.84. The maximum absolute atomic E-state index is 10.5. The van der Waals surface area contributed by atoms with Crippen LogP contribution in [0.25, 0.3) is 5.57 Å². The zero-order valence-electron chi connectivity index (χ0n) is 7.11. The Bertz CT molecular complexity index is 371. The van der Waals surface area contributed by atoms with Gasteiger partial charge in [-0.15, -0.1) is 0 Å². The van der Waals surface area contributed by atoms with E-state index in [1.807, 2.05) is 0 Å². The molecular weight excluding hydrogens is 170 g/mol. The summed E-state index contributed by atoms with van der Waals surface area (Å²) in [6, 6.07) is 2.99. The van der Waals surface area contributed by atoms with E-state index in [0.29, 0.717) is 5.69 Å². The molecule has 0 bridgehead atoms. The van der Waals surface area contributed by atoms with Gasteiger partial charge in [0.25, 0.3) is 0 Å². The first-order valence-electron chi connectivity index (χ1n) is 3.61. The molecule has 0 saturated heterocycles. The molecule has 0 spiro atoms. The lowest BCUT2D eigenvalue weighted by molar-refractivity contribution is -0.130. The largest absolute Gasteiger partial charge is 0.506 e. The Labute approximate surface area is 75.2 Å². The Morgan fingerprint density at radius 2 is 2.15 bits per heavy atom. The van der Waals surface area contributed by atoms with Gasteiger partial charge in [0.05, 0.1) is 5.57 Å². The van der Waals surface area contributed by atoms with E-state index in [2.05, 4.69) is 11.6 Å². The van der Waals surface area contributed by atoms with Crippen LogP contribution in [0.1, 0.15) is 11.4 Å². The summed E-state index contributed by atoms with van der Waals surface area (Å²) in [7, 11) is 0. The van der Waals surface area contributed by atoms with E-state index < -0.39 is 5.97 Å². The summed E-state index contributed by atoms with van der Waals surface area (Å²) in [4.78, 5) is 14.4. The number of hydrogen-bond acceptors (Lipinski definition) is 3.